The minimum Gasteiger partial charge on any atom is -0.388 e. The van der Waals surface area contributed by atoms with Gasteiger partial charge in [-0.25, -0.2) is 9.97 Å². The van der Waals surface area contributed by atoms with Gasteiger partial charge in [-0.2, -0.15) is 0 Å². The molecule has 0 amide bonds. The molecule has 0 spiro atoms. The van der Waals surface area contributed by atoms with E-state index in [1.165, 1.54) is 19.3 Å². The van der Waals surface area contributed by atoms with Gasteiger partial charge in [-0.3, -0.25) is 0 Å². The van der Waals surface area contributed by atoms with Crippen molar-refractivity contribution < 1.29 is 0 Å². The van der Waals surface area contributed by atoms with Crippen molar-refractivity contribution in [1.82, 2.24) is 9.97 Å². The van der Waals surface area contributed by atoms with E-state index in [2.05, 4.69) is 22.2 Å². The fourth-order valence-electron chi connectivity index (χ4n) is 1.91. The molecular weight excluding hydrogens is 220 g/mol. The van der Waals surface area contributed by atoms with Gasteiger partial charge >= 0.3 is 0 Å². The number of hydrogen-bond acceptors (Lipinski definition) is 4. The van der Waals surface area contributed by atoms with E-state index in [0.29, 0.717) is 16.7 Å². The third kappa shape index (κ3) is 2.47. The van der Waals surface area contributed by atoms with Crippen molar-refractivity contribution in [3.05, 3.63) is 18.1 Å². The van der Waals surface area contributed by atoms with Crippen molar-refractivity contribution in [2.24, 2.45) is 11.7 Å². The van der Waals surface area contributed by atoms with E-state index in [4.69, 9.17) is 18.0 Å². The third-order valence-corrected chi connectivity index (χ3v) is 3.03. The van der Waals surface area contributed by atoms with Crippen LogP contribution in [-0.4, -0.2) is 21.0 Å². The van der Waals surface area contributed by atoms with Gasteiger partial charge in [-0.05, 0) is 18.8 Å². The lowest BCUT2D eigenvalue weighted by Crippen LogP contribution is -2.17. The molecule has 1 heterocycles. The van der Waals surface area contributed by atoms with E-state index in [0.717, 1.165) is 11.7 Å². The average molecular weight is 236 g/mol. The number of hydrogen-bond donors (Lipinski definition) is 2. The Kier molecular flexibility index (Phi) is 3.33. The quantitative estimate of drug-likeness (QED) is 0.762. The molecule has 1 aromatic heterocycles. The number of rotatable bonds is 5. The Hall–Kier alpha value is -1.23. The van der Waals surface area contributed by atoms with Crippen molar-refractivity contribution in [2.45, 2.75) is 32.2 Å². The second-order valence-corrected chi connectivity index (χ2v) is 4.59. The number of anilines is 1. The van der Waals surface area contributed by atoms with Crippen molar-refractivity contribution in [3.8, 4) is 0 Å². The topological polar surface area (TPSA) is 63.8 Å². The molecule has 5 heteroatoms. The van der Waals surface area contributed by atoms with E-state index in [-0.39, 0.29) is 0 Å². The van der Waals surface area contributed by atoms with E-state index in [1.54, 1.807) is 12.4 Å². The van der Waals surface area contributed by atoms with E-state index >= 15 is 0 Å². The molecule has 86 valence electrons. The fraction of sp³-hybridized carbons (Fsp3) is 0.545. The van der Waals surface area contributed by atoms with Crippen LogP contribution < -0.4 is 11.1 Å². The smallest absolute Gasteiger partial charge is 0.155 e. The van der Waals surface area contributed by atoms with Crippen LogP contribution in [-0.2, 0) is 0 Å². The first-order valence-corrected chi connectivity index (χ1v) is 6.00. The van der Waals surface area contributed by atoms with Crippen LogP contribution in [0.25, 0.3) is 0 Å². The van der Waals surface area contributed by atoms with Crippen molar-refractivity contribution >= 4 is 23.0 Å². The van der Waals surface area contributed by atoms with Crippen LogP contribution >= 0.6 is 12.2 Å². The largest absolute Gasteiger partial charge is 0.388 e. The molecule has 0 saturated heterocycles. The second-order valence-electron chi connectivity index (χ2n) is 4.15. The summed E-state index contributed by atoms with van der Waals surface area (Å²) in [4.78, 5) is 8.67. The first-order valence-electron chi connectivity index (χ1n) is 5.59. The normalized spacial score (nSPS) is 22.8. The fourth-order valence-corrected chi connectivity index (χ4v) is 2.06. The Morgan fingerprint density at radius 2 is 2.31 bits per heavy atom. The van der Waals surface area contributed by atoms with Gasteiger partial charge in [0.1, 0.15) is 10.7 Å². The van der Waals surface area contributed by atoms with Crippen LogP contribution in [0.15, 0.2) is 12.4 Å². The molecule has 0 aliphatic heterocycles. The van der Waals surface area contributed by atoms with Crippen LogP contribution in [0.3, 0.4) is 0 Å². The van der Waals surface area contributed by atoms with Crippen LogP contribution in [0, 0.1) is 5.92 Å². The highest BCUT2D eigenvalue weighted by molar-refractivity contribution is 7.80. The van der Waals surface area contributed by atoms with Gasteiger partial charge in [0.15, 0.2) is 5.82 Å². The summed E-state index contributed by atoms with van der Waals surface area (Å²) in [6, 6.07) is 0.518. The molecule has 1 saturated carbocycles. The summed E-state index contributed by atoms with van der Waals surface area (Å²) >= 11 is 4.94. The third-order valence-electron chi connectivity index (χ3n) is 2.84. The molecule has 2 atom stereocenters. The molecule has 1 fully saturated rings. The minimum atomic E-state index is 0.295. The highest BCUT2D eigenvalue weighted by Gasteiger charge is 2.36. The maximum Gasteiger partial charge on any atom is 0.155 e. The zero-order chi connectivity index (χ0) is 11.5. The molecule has 0 radical (unpaired) electrons. The van der Waals surface area contributed by atoms with Crippen LogP contribution in [0.1, 0.15) is 31.9 Å². The molecule has 2 rings (SSSR count). The zero-order valence-corrected chi connectivity index (χ0v) is 10.1. The molecular formula is C11H16N4S. The predicted octanol–water partition coefficient (Wildman–Crippen LogP) is 1.71. The summed E-state index contributed by atoms with van der Waals surface area (Å²) in [6.45, 7) is 2.21. The maximum absolute atomic E-state index is 5.59. The number of nitrogens with two attached hydrogens (primary N) is 1. The molecule has 0 bridgehead atoms. The molecule has 1 aromatic rings. The number of thiocarbonyl (C=S) groups is 1. The van der Waals surface area contributed by atoms with Crippen molar-refractivity contribution in [1.29, 1.82) is 0 Å². The zero-order valence-electron chi connectivity index (χ0n) is 9.31. The molecule has 1 aliphatic carbocycles. The predicted molar refractivity (Wildman–Crippen MR) is 68.3 cm³/mol. The van der Waals surface area contributed by atoms with E-state index in [9.17, 15) is 0 Å². The van der Waals surface area contributed by atoms with Gasteiger partial charge in [0, 0.05) is 18.4 Å². The number of nitrogens with zero attached hydrogens (tertiary/aromatic N) is 2. The molecule has 2 unspecified atom stereocenters. The standard InChI is InChI=1S/C11H16N4S/c1-2-3-7-6-8(7)15-11-9(10(12)16)13-4-5-14-11/h4-5,7-8H,2-3,6H2,1H3,(H2,12,16)(H,14,15). The lowest BCUT2D eigenvalue weighted by atomic mass is 10.2. The van der Waals surface area contributed by atoms with Gasteiger partial charge < -0.3 is 11.1 Å². The molecule has 4 nitrogen and oxygen atoms in total. The Morgan fingerprint density at radius 3 is 3.00 bits per heavy atom. The SMILES string of the molecule is CCCC1CC1Nc1nccnc1C(N)=S. The average Bonchev–Trinajstić information content (AvgIpc) is 2.97. The first-order chi connectivity index (χ1) is 7.72. The number of nitrogens with one attached hydrogen (secondary N) is 1. The Bertz CT molecular complexity index is 393. The van der Waals surface area contributed by atoms with Gasteiger partial charge in [-0.1, -0.05) is 25.6 Å². The minimum absolute atomic E-state index is 0.295. The van der Waals surface area contributed by atoms with Gasteiger partial charge in [0.25, 0.3) is 0 Å². The van der Waals surface area contributed by atoms with E-state index < -0.39 is 0 Å². The summed E-state index contributed by atoms with van der Waals surface area (Å²) in [7, 11) is 0. The summed E-state index contributed by atoms with van der Waals surface area (Å²) in [5, 5.41) is 3.36. The first kappa shape index (κ1) is 11.3. The monoisotopic (exact) mass is 236 g/mol. The molecule has 16 heavy (non-hydrogen) atoms. The van der Waals surface area contributed by atoms with Gasteiger partial charge in [-0.15, -0.1) is 0 Å². The Balaban J connectivity index is 2.02. The van der Waals surface area contributed by atoms with Crippen LogP contribution in [0.4, 0.5) is 5.82 Å². The van der Waals surface area contributed by atoms with Crippen LogP contribution in [0.2, 0.25) is 0 Å². The Labute approximate surface area is 101 Å². The lowest BCUT2D eigenvalue weighted by Gasteiger charge is -2.08. The Morgan fingerprint density at radius 1 is 1.56 bits per heavy atom. The van der Waals surface area contributed by atoms with E-state index in [1.807, 2.05) is 0 Å². The summed E-state index contributed by atoms with van der Waals surface area (Å²) in [5.74, 6) is 1.49. The number of aromatic nitrogens is 2. The molecule has 0 aromatic carbocycles. The molecule has 3 N–H and O–H groups in total. The van der Waals surface area contributed by atoms with Crippen molar-refractivity contribution in [2.75, 3.05) is 5.32 Å². The summed E-state index contributed by atoms with van der Waals surface area (Å²) in [5.41, 5.74) is 6.19. The lowest BCUT2D eigenvalue weighted by molar-refractivity contribution is 0.692. The van der Waals surface area contributed by atoms with Gasteiger partial charge in [0.2, 0.25) is 0 Å². The highest BCUT2D eigenvalue weighted by Crippen LogP contribution is 2.37. The summed E-state index contributed by atoms with van der Waals surface area (Å²) in [6.07, 6.45) is 6.96. The van der Waals surface area contributed by atoms with Crippen molar-refractivity contribution in [3.63, 3.8) is 0 Å². The highest BCUT2D eigenvalue weighted by atomic mass is 32.1. The summed E-state index contributed by atoms with van der Waals surface area (Å²) < 4.78 is 0. The van der Waals surface area contributed by atoms with Crippen LogP contribution in [0.5, 0.6) is 0 Å². The van der Waals surface area contributed by atoms with Gasteiger partial charge in [0.05, 0.1) is 0 Å². The maximum atomic E-state index is 5.59. The molecule has 1 aliphatic rings. The second kappa shape index (κ2) is 4.74.